The third-order valence-corrected chi connectivity index (χ3v) is 6.68. The molecule has 180 valence electrons. The van der Waals surface area contributed by atoms with Crippen molar-refractivity contribution in [2.45, 2.75) is 25.6 Å². The Kier molecular flexibility index (Phi) is 6.25. The lowest BCUT2D eigenvalue weighted by Gasteiger charge is -2.26. The number of rotatable bonds is 7. The van der Waals surface area contributed by atoms with Crippen LogP contribution in [0.2, 0.25) is 0 Å². The van der Waals surface area contributed by atoms with Crippen molar-refractivity contribution in [3.05, 3.63) is 120 Å². The molecular formula is C30H27N3O3. The monoisotopic (exact) mass is 477 g/mol. The summed E-state index contributed by atoms with van der Waals surface area (Å²) in [4.78, 5) is 42.6. The number of fused-ring (bicyclic) bond motifs is 1. The van der Waals surface area contributed by atoms with Crippen LogP contribution in [-0.2, 0) is 28.2 Å². The molecule has 1 aliphatic heterocycles. The maximum absolute atomic E-state index is 13.5. The maximum Gasteiger partial charge on any atom is 0.325 e. The Hall–Kier alpha value is -4.45. The number of imide groups is 1. The molecule has 0 unspecified atom stereocenters. The molecule has 4 aromatic rings. The van der Waals surface area contributed by atoms with Gasteiger partial charge in [0.25, 0.3) is 5.91 Å². The highest BCUT2D eigenvalue weighted by Crippen LogP contribution is 2.31. The molecule has 0 aromatic heterocycles. The normalized spacial score (nSPS) is 17.3. The van der Waals surface area contributed by atoms with E-state index in [0.29, 0.717) is 18.7 Å². The highest BCUT2D eigenvalue weighted by atomic mass is 16.2. The van der Waals surface area contributed by atoms with E-state index in [1.807, 2.05) is 103 Å². The van der Waals surface area contributed by atoms with Crippen LogP contribution in [0.5, 0.6) is 0 Å². The molecule has 1 aliphatic rings. The van der Waals surface area contributed by atoms with Crippen LogP contribution in [0.15, 0.2) is 103 Å². The summed E-state index contributed by atoms with van der Waals surface area (Å²) in [5, 5.41) is 4.85. The van der Waals surface area contributed by atoms with Gasteiger partial charge in [0.15, 0.2) is 0 Å². The van der Waals surface area contributed by atoms with Crippen molar-refractivity contribution in [3.63, 3.8) is 0 Å². The summed E-state index contributed by atoms with van der Waals surface area (Å²) in [5.74, 6) is -0.732. The zero-order chi connectivity index (χ0) is 25.1. The molecule has 1 atom stereocenters. The highest BCUT2D eigenvalue weighted by molar-refractivity contribution is 6.09. The van der Waals surface area contributed by atoms with E-state index in [2.05, 4.69) is 5.32 Å². The fraction of sp³-hybridized carbons (Fsp3) is 0.167. The summed E-state index contributed by atoms with van der Waals surface area (Å²) in [5.41, 5.74) is 1.38. The standard InChI is InChI=1S/C30H27N3O3/c1-30(26-17-16-24-14-8-9-15-25(24)18-26)28(35)33(29(36)31-30)21-27(34)32(19-22-10-4-2-5-11-22)20-23-12-6-3-7-13-23/h2-18H,19-21H2,1H3,(H,31,36)/t30-/m1/s1. The molecule has 1 N–H and O–H groups in total. The van der Waals surface area contributed by atoms with Crippen LogP contribution in [0.1, 0.15) is 23.6 Å². The van der Waals surface area contributed by atoms with Crippen molar-refractivity contribution in [1.29, 1.82) is 0 Å². The van der Waals surface area contributed by atoms with Gasteiger partial charge in [-0.05, 0) is 40.5 Å². The predicted octanol–water partition coefficient (Wildman–Crippen LogP) is 4.84. The molecule has 36 heavy (non-hydrogen) atoms. The Bertz CT molecular complexity index is 1380. The molecule has 0 radical (unpaired) electrons. The van der Waals surface area contributed by atoms with Gasteiger partial charge in [-0.1, -0.05) is 97.1 Å². The summed E-state index contributed by atoms with van der Waals surface area (Å²) in [6.45, 7) is 2.11. The molecule has 0 spiro atoms. The van der Waals surface area contributed by atoms with Crippen LogP contribution in [0.25, 0.3) is 10.8 Å². The number of amides is 4. The Labute approximate surface area is 210 Å². The second-order valence-electron chi connectivity index (χ2n) is 9.23. The number of hydrogen-bond acceptors (Lipinski definition) is 3. The van der Waals surface area contributed by atoms with Gasteiger partial charge in [-0.15, -0.1) is 0 Å². The number of nitrogens with one attached hydrogen (secondary N) is 1. The summed E-state index contributed by atoms with van der Waals surface area (Å²) in [6.07, 6.45) is 0. The molecule has 4 amide bonds. The van der Waals surface area contributed by atoms with E-state index < -0.39 is 17.5 Å². The van der Waals surface area contributed by atoms with Crippen LogP contribution in [0, 0.1) is 0 Å². The first-order chi connectivity index (χ1) is 17.4. The Morgan fingerprint density at radius 3 is 1.94 bits per heavy atom. The number of urea groups is 1. The van der Waals surface area contributed by atoms with Crippen LogP contribution in [-0.4, -0.2) is 34.2 Å². The van der Waals surface area contributed by atoms with Gasteiger partial charge < -0.3 is 10.2 Å². The molecule has 6 heteroatoms. The first kappa shape index (κ1) is 23.3. The third-order valence-electron chi connectivity index (χ3n) is 6.68. The first-order valence-electron chi connectivity index (χ1n) is 11.9. The quantitative estimate of drug-likeness (QED) is 0.388. The average molecular weight is 478 g/mol. The van der Waals surface area contributed by atoms with E-state index in [-0.39, 0.29) is 12.5 Å². The minimum atomic E-state index is -1.24. The van der Waals surface area contributed by atoms with Crippen LogP contribution >= 0.6 is 0 Å². The molecule has 1 heterocycles. The summed E-state index contributed by atoms with van der Waals surface area (Å²) < 4.78 is 0. The van der Waals surface area contributed by atoms with Crippen molar-refractivity contribution >= 4 is 28.6 Å². The van der Waals surface area contributed by atoms with E-state index in [9.17, 15) is 14.4 Å². The lowest BCUT2D eigenvalue weighted by Crippen LogP contribution is -2.44. The van der Waals surface area contributed by atoms with Gasteiger partial charge in [0.1, 0.15) is 12.1 Å². The molecule has 5 rings (SSSR count). The number of nitrogens with zero attached hydrogens (tertiary/aromatic N) is 2. The van der Waals surface area contributed by atoms with Crippen LogP contribution in [0.3, 0.4) is 0 Å². The van der Waals surface area contributed by atoms with Gasteiger partial charge >= 0.3 is 6.03 Å². The Morgan fingerprint density at radius 2 is 1.33 bits per heavy atom. The molecular weight excluding hydrogens is 450 g/mol. The van der Waals surface area contributed by atoms with E-state index in [1.54, 1.807) is 11.8 Å². The minimum absolute atomic E-state index is 0.297. The van der Waals surface area contributed by atoms with E-state index in [0.717, 1.165) is 26.8 Å². The highest BCUT2D eigenvalue weighted by Gasteiger charge is 2.49. The van der Waals surface area contributed by atoms with Crippen LogP contribution in [0.4, 0.5) is 4.79 Å². The molecule has 6 nitrogen and oxygen atoms in total. The van der Waals surface area contributed by atoms with Crippen molar-refractivity contribution in [2.24, 2.45) is 0 Å². The summed E-state index contributed by atoms with van der Waals surface area (Å²) in [6, 6.07) is 32.3. The second kappa shape index (κ2) is 9.66. The fourth-order valence-electron chi connectivity index (χ4n) is 4.61. The lowest BCUT2D eigenvalue weighted by molar-refractivity contribution is -0.139. The van der Waals surface area contributed by atoms with Gasteiger partial charge in [-0.25, -0.2) is 4.79 Å². The average Bonchev–Trinajstić information content (AvgIpc) is 3.13. The van der Waals surface area contributed by atoms with Gasteiger partial charge in [-0.2, -0.15) is 0 Å². The summed E-state index contributed by atoms with van der Waals surface area (Å²) >= 11 is 0. The Morgan fingerprint density at radius 1 is 0.778 bits per heavy atom. The largest absolute Gasteiger partial charge is 0.332 e. The molecule has 0 aliphatic carbocycles. The zero-order valence-corrected chi connectivity index (χ0v) is 20.1. The van der Waals surface area contributed by atoms with Crippen molar-refractivity contribution in [3.8, 4) is 0 Å². The molecule has 0 saturated carbocycles. The molecule has 0 bridgehead atoms. The first-order valence-corrected chi connectivity index (χ1v) is 11.9. The smallest absolute Gasteiger partial charge is 0.325 e. The van der Waals surface area contributed by atoms with E-state index >= 15 is 0 Å². The lowest BCUT2D eigenvalue weighted by atomic mass is 9.90. The third kappa shape index (κ3) is 4.58. The molecule has 1 saturated heterocycles. The molecule has 4 aromatic carbocycles. The Balaban J connectivity index is 1.38. The zero-order valence-electron chi connectivity index (χ0n) is 20.1. The van der Waals surface area contributed by atoms with E-state index in [1.165, 1.54) is 0 Å². The fourth-order valence-corrected chi connectivity index (χ4v) is 4.61. The number of hydrogen-bond donors (Lipinski definition) is 1. The topological polar surface area (TPSA) is 69.7 Å². The van der Waals surface area contributed by atoms with Gasteiger partial charge in [0.05, 0.1) is 0 Å². The van der Waals surface area contributed by atoms with Crippen molar-refractivity contribution in [1.82, 2.24) is 15.1 Å². The minimum Gasteiger partial charge on any atom is -0.332 e. The number of carbonyl (C=O) groups is 3. The van der Waals surface area contributed by atoms with E-state index in [4.69, 9.17) is 0 Å². The van der Waals surface area contributed by atoms with Gasteiger partial charge in [0, 0.05) is 13.1 Å². The van der Waals surface area contributed by atoms with Crippen LogP contribution < -0.4 is 5.32 Å². The second-order valence-corrected chi connectivity index (χ2v) is 9.23. The maximum atomic E-state index is 13.5. The van der Waals surface area contributed by atoms with Crippen molar-refractivity contribution in [2.75, 3.05) is 6.54 Å². The number of benzene rings is 4. The summed E-state index contributed by atoms with van der Waals surface area (Å²) in [7, 11) is 0. The van der Waals surface area contributed by atoms with Gasteiger partial charge in [0.2, 0.25) is 5.91 Å². The van der Waals surface area contributed by atoms with Crippen molar-refractivity contribution < 1.29 is 14.4 Å². The predicted molar refractivity (Wildman–Crippen MR) is 139 cm³/mol. The SMILES string of the molecule is C[C@]1(c2ccc3ccccc3c2)NC(=O)N(CC(=O)N(Cc2ccccc2)Cc2ccccc2)C1=O. The molecule has 1 fully saturated rings. The number of carbonyl (C=O) groups excluding carboxylic acids is 3. The van der Waals surface area contributed by atoms with Gasteiger partial charge in [-0.3, -0.25) is 14.5 Å².